The Morgan fingerprint density at radius 2 is 1.90 bits per heavy atom. The predicted octanol–water partition coefficient (Wildman–Crippen LogP) is 4.42. The van der Waals surface area contributed by atoms with Gasteiger partial charge < -0.3 is 14.5 Å². The van der Waals surface area contributed by atoms with Crippen LogP contribution in [0.4, 0.5) is 0 Å². The molecule has 1 aliphatic rings. The second kappa shape index (κ2) is 4.93. The van der Waals surface area contributed by atoms with Crippen LogP contribution in [0.5, 0.6) is 11.5 Å². The molecule has 4 nitrogen and oxygen atoms in total. The minimum absolute atomic E-state index is 0.563. The fourth-order valence-corrected chi connectivity index (χ4v) is 2.94. The second-order valence-corrected chi connectivity index (χ2v) is 5.93. The highest BCUT2D eigenvalue weighted by Gasteiger charge is 2.16. The summed E-state index contributed by atoms with van der Waals surface area (Å²) in [4.78, 5) is 7.87. The van der Waals surface area contributed by atoms with E-state index in [1.165, 1.54) is 0 Å². The molecule has 0 saturated carbocycles. The van der Waals surface area contributed by atoms with Gasteiger partial charge in [-0.1, -0.05) is 17.7 Å². The van der Waals surface area contributed by atoms with E-state index in [-0.39, 0.29) is 0 Å². The van der Waals surface area contributed by atoms with E-state index in [1.54, 1.807) is 0 Å². The van der Waals surface area contributed by atoms with Crippen molar-refractivity contribution in [3.63, 3.8) is 0 Å². The van der Waals surface area contributed by atoms with Crippen molar-refractivity contribution in [2.24, 2.45) is 0 Å². The van der Waals surface area contributed by atoms with Crippen LogP contribution in [0, 0.1) is 0 Å². The molecular weight excluding hydrogens is 356 g/mol. The summed E-state index contributed by atoms with van der Waals surface area (Å²) in [7, 11) is 0. The highest BCUT2D eigenvalue weighted by atomic mass is 79.9. The number of rotatable bonds is 1. The fourth-order valence-electron chi connectivity index (χ4n) is 2.36. The molecule has 1 N–H and O–H groups in total. The number of nitrogens with zero attached hydrogens (tertiary/aromatic N) is 1. The lowest BCUT2D eigenvalue weighted by Gasteiger charge is -2.17. The van der Waals surface area contributed by atoms with E-state index in [1.807, 2.05) is 30.3 Å². The zero-order chi connectivity index (χ0) is 14.4. The SMILES string of the molecule is Clc1c(Br)cccc1-c1nc2cc3c(cc2[nH]1)OCCO3. The summed E-state index contributed by atoms with van der Waals surface area (Å²) in [6.07, 6.45) is 0. The van der Waals surface area contributed by atoms with Crippen LogP contribution in [-0.2, 0) is 0 Å². The summed E-state index contributed by atoms with van der Waals surface area (Å²) >= 11 is 9.75. The van der Waals surface area contributed by atoms with Gasteiger partial charge in [0.25, 0.3) is 0 Å². The van der Waals surface area contributed by atoms with E-state index in [2.05, 4.69) is 25.9 Å². The molecule has 0 atom stereocenters. The molecule has 0 unspecified atom stereocenters. The topological polar surface area (TPSA) is 47.1 Å². The minimum Gasteiger partial charge on any atom is -0.486 e. The van der Waals surface area contributed by atoms with Gasteiger partial charge in [0, 0.05) is 22.2 Å². The quantitative estimate of drug-likeness (QED) is 0.694. The molecule has 0 spiro atoms. The molecule has 2 aromatic carbocycles. The van der Waals surface area contributed by atoms with Crippen LogP contribution < -0.4 is 9.47 Å². The first-order chi connectivity index (χ1) is 10.2. The Kier molecular flexibility index (Phi) is 3.05. The summed E-state index contributed by atoms with van der Waals surface area (Å²) in [5, 5.41) is 0.633. The molecule has 1 aliphatic heterocycles. The summed E-state index contributed by atoms with van der Waals surface area (Å²) in [6.45, 7) is 1.13. The second-order valence-electron chi connectivity index (χ2n) is 4.70. The number of aromatic amines is 1. The average molecular weight is 366 g/mol. The summed E-state index contributed by atoms with van der Waals surface area (Å²) in [6, 6.07) is 9.55. The van der Waals surface area contributed by atoms with Crippen molar-refractivity contribution < 1.29 is 9.47 Å². The van der Waals surface area contributed by atoms with Gasteiger partial charge in [-0.15, -0.1) is 0 Å². The number of ether oxygens (including phenoxy) is 2. The molecule has 2 heterocycles. The molecule has 21 heavy (non-hydrogen) atoms. The van der Waals surface area contributed by atoms with Crippen molar-refractivity contribution >= 4 is 38.6 Å². The number of benzene rings is 2. The Balaban J connectivity index is 1.89. The Hall–Kier alpha value is -1.72. The molecule has 4 rings (SSSR count). The van der Waals surface area contributed by atoms with Gasteiger partial charge >= 0.3 is 0 Å². The third-order valence-corrected chi connectivity index (χ3v) is 4.65. The molecule has 6 heteroatoms. The van der Waals surface area contributed by atoms with Crippen molar-refractivity contribution in [3.8, 4) is 22.9 Å². The number of fused-ring (bicyclic) bond motifs is 2. The molecule has 0 amide bonds. The summed E-state index contributed by atoms with van der Waals surface area (Å²) in [5.74, 6) is 2.19. The monoisotopic (exact) mass is 364 g/mol. The highest BCUT2D eigenvalue weighted by Crippen LogP contribution is 2.37. The minimum atomic E-state index is 0.563. The molecule has 0 bridgehead atoms. The molecule has 0 aliphatic carbocycles. The van der Waals surface area contributed by atoms with Crippen LogP contribution in [0.3, 0.4) is 0 Å². The number of imidazole rings is 1. The maximum atomic E-state index is 6.33. The zero-order valence-electron chi connectivity index (χ0n) is 10.8. The van der Waals surface area contributed by atoms with Crippen molar-refractivity contribution in [1.82, 2.24) is 9.97 Å². The Morgan fingerprint density at radius 1 is 1.14 bits per heavy atom. The van der Waals surface area contributed by atoms with Gasteiger partial charge in [-0.25, -0.2) is 4.98 Å². The third kappa shape index (κ3) is 2.17. The first-order valence-corrected chi connectivity index (χ1v) is 7.63. The van der Waals surface area contributed by atoms with Crippen LogP contribution in [0.2, 0.25) is 5.02 Å². The van der Waals surface area contributed by atoms with Crippen LogP contribution in [0.1, 0.15) is 0 Å². The molecule has 0 radical (unpaired) electrons. The van der Waals surface area contributed by atoms with Gasteiger partial charge in [-0.2, -0.15) is 0 Å². The largest absolute Gasteiger partial charge is 0.486 e. The Bertz CT molecular complexity index is 804. The molecule has 0 saturated heterocycles. The standard InChI is InChI=1S/C15H10BrClN2O2/c16-9-3-1-2-8(14(9)17)15-18-10-6-12-13(7-11(10)19-15)21-5-4-20-12/h1-3,6-7H,4-5H2,(H,18,19). The molecule has 106 valence electrons. The van der Waals surface area contributed by atoms with Crippen LogP contribution >= 0.6 is 27.5 Å². The van der Waals surface area contributed by atoms with Gasteiger partial charge in [0.05, 0.1) is 16.1 Å². The highest BCUT2D eigenvalue weighted by molar-refractivity contribution is 9.10. The number of halogens is 2. The van der Waals surface area contributed by atoms with Crippen molar-refractivity contribution in [3.05, 3.63) is 39.8 Å². The van der Waals surface area contributed by atoms with Gasteiger partial charge in [0.2, 0.25) is 0 Å². The van der Waals surface area contributed by atoms with E-state index in [0.717, 1.165) is 38.4 Å². The third-order valence-electron chi connectivity index (χ3n) is 3.35. The lowest BCUT2D eigenvalue weighted by atomic mass is 10.2. The lowest BCUT2D eigenvalue weighted by Crippen LogP contribution is -2.15. The van der Waals surface area contributed by atoms with E-state index in [0.29, 0.717) is 18.2 Å². The van der Waals surface area contributed by atoms with Crippen LogP contribution in [0.25, 0.3) is 22.4 Å². The van der Waals surface area contributed by atoms with Crippen molar-refractivity contribution in [2.75, 3.05) is 13.2 Å². The van der Waals surface area contributed by atoms with Crippen LogP contribution in [0.15, 0.2) is 34.8 Å². The number of H-pyrrole nitrogens is 1. The van der Waals surface area contributed by atoms with E-state index in [9.17, 15) is 0 Å². The Labute approximate surface area is 134 Å². The molecule has 3 aromatic rings. The van der Waals surface area contributed by atoms with Crippen LogP contribution in [-0.4, -0.2) is 23.2 Å². The van der Waals surface area contributed by atoms with E-state index in [4.69, 9.17) is 21.1 Å². The van der Waals surface area contributed by atoms with E-state index >= 15 is 0 Å². The summed E-state index contributed by atoms with van der Waals surface area (Å²) in [5.41, 5.74) is 2.57. The van der Waals surface area contributed by atoms with Crippen molar-refractivity contribution in [2.45, 2.75) is 0 Å². The average Bonchev–Trinajstić information content (AvgIpc) is 2.90. The van der Waals surface area contributed by atoms with E-state index < -0.39 is 0 Å². The normalized spacial score (nSPS) is 13.6. The number of hydrogen-bond donors (Lipinski definition) is 1. The number of hydrogen-bond acceptors (Lipinski definition) is 3. The van der Waals surface area contributed by atoms with Gasteiger partial charge in [-0.05, 0) is 28.1 Å². The van der Waals surface area contributed by atoms with Gasteiger partial charge in [-0.3, -0.25) is 0 Å². The number of aromatic nitrogens is 2. The lowest BCUT2D eigenvalue weighted by molar-refractivity contribution is 0.172. The maximum absolute atomic E-state index is 6.33. The first-order valence-electron chi connectivity index (χ1n) is 6.46. The molecular formula is C15H10BrClN2O2. The molecule has 1 aromatic heterocycles. The summed E-state index contributed by atoms with van der Waals surface area (Å²) < 4.78 is 12.0. The number of nitrogens with one attached hydrogen (secondary N) is 1. The van der Waals surface area contributed by atoms with Crippen molar-refractivity contribution in [1.29, 1.82) is 0 Å². The predicted molar refractivity (Wildman–Crippen MR) is 85.2 cm³/mol. The van der Waals surface area contributed by atoms with Gasteiger partial charge in [0.15, 0.2) is 11.5 Å². The maximum Gasteiger partial charge on any atom is 0.163 e. The fraction of sp³-hybridized carbons (Fsp3) is 0.133. The van der Waals surface area contributed by atoms with Gasteiger partial charge in [0.1, 0.15) is 19.0 Å². The zero-order valence-corrected chi connectivity index (χ0v) is 13.2. The smallest absolute Gasteiger partial charge is 0.163 e. The Morgan fingerprint density at radius 3 is 2.71 bits per heavy atom. The first kappa shape index (κ1) is 13.0. The molecule has 0 fully saturated rings.